The number of aromatic amines is 1. The Bertz CT molecular complexity index is 905. The number of imidazole rings is 2. The lowest BCUT2D eigenvalue weighted by molar-refractivity contribution is 0.192. The van der Waals surface area contributed by atoms with Crippen LogP contribution in [-0.4, -0.2) is 31.0 Å². The van der Waals surface area contributed by atoms with Gasteiger partial charge in [-0.05, 0) is 31.0 Å². The lowest BCUT2D eigenvalue weighted by Gasteiger charge is -2.35. The molecule has 1 aliphatic heterocycles. The average molecular weight is 347 g/mol. The maximum Gasteiger partial charge on any atom is 0.123 e. The summed E-state index contributed by atoms with van der Waals surface area (Å²) in [6, 6.07) is 9.11. The third kappa shape index (κ3) is 2.99. The topological polar surface area (TPSA) is 49.7 Å². The molecule has 0 saturated heterocycles. The zero-order chi connectivity index (χ0) is 18.1. The number of rotatable bonds is 5. The second-order valence-electron chi connectivity index (χ2n) is 7.11. The highest BCUT2D eigenvalue weighted by Crippen LogP contribution is 2.34. The molecule has 5 heteroatoms. The molecule has 1 atom stereocenters. The second kappa shape index (κ2) is 6.92. The van der Waals surface area contributed by atoms with E-state index >= 15 is 0 Å². The van der Waals surface area contributed by atoms with Crippen molar-refractivity contribution in [3.63, 3.8) is 0 Å². The summed E-state index contributed by atoms with van der Waals surface area (Å²) in [4.78, 5) is 15.1. The van der Waals surface area contributed by atoms with E-state index in [1.807, 2.05) is 18.6 Å². The number of hydrogen-bond acceptors (Lipinski definition) is 3. The molecule has 3 heterocycles. The molecule has 0 aliphatic carbocycles. The Morgan fingerprint density at radius 3 is 3.04 bits per heavy atom. The van der Waals surface area contributed by atoms with Crippen LogP contribution in [0.2, 0.25) is 0 Å². The normalized spacial score (nSPS) is 17.4. The summed E-state index contributed by atoms with van der Waals surface area (Å²) >= 11 is 0. The van der Waals surface area contributed by atoms with Gasteiger partial charge in [0.25, 0.3) is 0 Å². The van der Waals surface area contributed by atoms with E-state index in [-0.39, 0.29) is 6.04 Å². The van der Waals surface area contributed by atoms with Crippen LogP contribution < -0.4 is 0 Å². The number of hydrogen-bond donors (Lipinski definition) is 1. The van der Waals surface area contributed by atoms with Gasteiger partial charge in [0.15, 0.2) is 0 Å². The first-order valence-corrected chi connectivity index (χ1v) is 9.17. The van der Waals surface area contributed by atoms with Gasteiger partial charge in [-0.3, -0.25) is 4.90 Å². The molecule has 26 heavy (non-hydrogen) atoms. The number of H-pyrrole nitrogens is 1. The quantitative estimate of drug-likeness (QED) is 0.759. The predicted molar refractivity (Wildman–Crippen MR) is 104 cm³/mol. The average Bonchev–Trinajstić information content (AvgIpc) is 3.30. The van der Waals surface area contributed by atoms with Crippen molar-refractivity contribution < 1.29 is 0 Å². The van der Waals surface area contributed by atoms with Crippen LogP contribution in [0.25, 0.3) is 6.08 Å². The van der Waals surface area contributed by atoms with Crippen molar-refractivity contribution in [3.8, 4) is 0 Å². The van der Waals surface area contributed by atoms with E-state index in [9.17, 15) is 0 Å². The first-order chi connectivity index (χ1) is 12.7. The zero-order valence-corrected chi connectivity index (χ0v) is 15.4. The van der Waals surface area contributed by atoms with Gasteiger partial charge in [0.1, 0.15) is 5.82 Å². The van der Waals surface area contributed by atoms with E-state index in [0.29, 0.717) is 6.04 Å². The van der Waals surface area contributed by atoms with Crippen molar-refractivity contribution in [2.24, 2.45) is 0 Å². The third-order valence-electron chi connectivity index (χ3n) is 5.14. The fraction of sp³-hybridized carbons (Fsp3) is 0.333. The van der Waals surface area contributed by atoms with Gasteiger partial charge >= 0.3 is 0 Å². The van der Waals surface area contributed by atoms with Crippen LogP contribution >= 0.6 is 0 Å². The van der Waals surface area contributed by atoms with Gasteiger partial charge in [0, 0.05) is 37.1 Å². The highest BCUT2D eigenvalue weighted by molar-refractivity contribution is 5.49. The van der Waals surface area contributed by atoms with Gasteiger partial charge in [-0.1, -0.05) is 30.9 Å². The molecule has 0 radical (unpaired) electrons. The lowest BCUT2D eigenvalue weighted by atomic mass is 9.94. The molecule has 0 amide bonds. The lowest BCUT2D eigenvalue weighted by Crippen LogP contribution is -2.36. The van der Waals surface area contributed by atoms with Gasteiger partial charge < -0.3 is 9.55 Å². The summed E-state index contributed by atoms with van der Waals surface area (Å²) in [6.45, 7) is 10.1. The summed E-state index contributed by atoms with van der Waals surface area (Å²) < 4.78 is 2.25. The molecule has 0 fully saturated rings. The minimum absolute atomic E-state index is 0.127. The molecule has 1 unspecified atom stereocenters. The summed E-state index contributed by atoms with van der Waals surface area (Å²) in [7, 11) is 0. The van der Waals surface area contributed by atoms with Crippen molar-refractivity contribution in [1.82, 2.24) is 24.4 Å². The van der Waals surface area contributed by atoms with Gasteiger partial charge in [-0.15, -0.1) is 0 Å². The smallest absolute Gasteiger partial charge is 0.123 e. The van der Waals surface area contributed by atoms with E-state index in [4.69, 9.17) is 0 Å². The Morgan fingerprint density at radius 2 is 2.23 bits per heavy atom. The molecular weight excluding hydrogens is 322 g/mol. The summed E-state index contributed by atoms with van der Waals surface area (Å²) in [6.07, 6.45) is 8.65. The number of nitrogens with one attached hydrogen (secondary N) is 1. The third-order valence-corrected chi connectivity index (χ3v) is 5.14. The van der Waals surface area contributed by atoms with Crippen LogP contribution in [0.1, 0.15) is 54.3 Å². The fourth-order valence-corrected chi connectivity index (χ4v) is 3.84. The molecule has 3 aromatic rings. The molecule has 0 saturated carbocycles. The molecule has 1 aliphatic rings. The molecule has 2 aromatic heterocycles. The van der Waals surface area contributed by atoms with E-state index < -0.39 is 0 Å². The number of nitrogens with zero attached hydrogens (tertiary/aromatic N) is 4. The second-order valence-corrected chi connectivity index (χ2v) is 7.11. The van der Waals surface area contributed by atoms with E-state index in [1.165, 1.54) is 11.3 Å². The molecule has 1 aromatic carbocycles. The zero-order valence-electron chi connectivity index (χ0n) is 15.4. The van der Waals surface area contributed by atoms with Crippen LogP contribution in [0.3, 0.4) is 0 Å². The summed E-state index contributed by atoms with van der Waals surface area (Å²) in [5.74, 6) is 1.10. The van der Waals surface area contributed by atoms with Crippen molar-refractivity contribution in [3.05, 3.63) is 77.9 Å². The highest BCUT2D eigenvalue weighted by atomic mass is 15.2. The molecule has 0 bridgehead atoms. The highest BCUT2D eigenvalue weighted by Gasteiger charge is 2.31. The Morgan fingerprint density at radius 1 is 1.35 bits per heavy atom. The fourth-order valence-electron chi connectivity index (χ4n) is 3.84. The number of benzene rings is 1. The van der Waals surface area contributed by atoms with Gasteiger partial charge in [-0.25, -0.2) is 9.97 Å². The molecule has 1 N–H and O–H groups in total. The Kier molecular flexibility index (Phi) is 4.47. The van der Waals surface area contributed by atoms with Crippen LogP contribution in [0, 0.1) is 0 Å². The Labute approximate surface area is 154 Å². The number of aromatic nitrogens is 4. The molecule has 134 valence electrons. The summed E-state index contributed by atoms with van der Waals surface area (Å²) in [5, 5.41) is 0. The van der Waals surface area contributed by atoms with Gasteiger partial charge in [0.2, 0.25) is 0 Å². The van der Waals surface area contributed by atoms with Crippen molar-refractivity contribution in [2.75, 3.05) is 6.54 Å². The van der Waals surface area contributed by atoms with Crippen molar-refractivity contribution in [1.29, 1.82) is 0 Å². The predicted octanol–water partition coefficient (Wildman–Crippen LogP) is 3.98. The van der Waals surface area contributed by atoms with Gasteiger partial charge in [-0.2, -0.15) is 0 Å². The molecule has 0 spiro atoms. The van der Waals surface area contributed by atoms with Crippen LogP contribution in [0.15, 0.2) is 49.6 Å². The largest absolute Gasteiger partial charge is 0.348 e. The van der Waals surface area contributed by atoms with Gasteiger partial charge in [0.05, 0.1) is 24.6 Å². The van der Waals surface area contributed by atoms with Crippen LogP contribution in [0.4, 0.5) is 0 Å². The SMILES string of the molecule is C=Cc1cccc(C2c3nc[nH]c3CCN2Cc2nccn2C(C)C)c1. The minimum atomic E-state index is 0.127. The van der Waals surface area contributed by atoms with E-state index in [1.54, 1.807) is 0 Å². The maximum atomic E-state index is 4.66. The molecule has 4 rings (SSSR count). The summed E-state index contributed by atoms with van der Waals surface area (Å²) in [5.41, 5.74) is 4.74. The van der Waals surface area contributed by atoms with Crippen molar-refractivity contribution >= 4 is 6.08 Å². The number of fused-ring (bicyclic) bond motifs is 1. The Balaban J connectivity index is 1.73. The first kappa shape index (κ1) is 16.8. The van der Waals surface area contributed by atoms with Crippen LogP contribution in [0.5, 0.6) is 0 Å². The molecule has 5 nitrogen and oxygen atoms in total. The monoisotopic (exact) mass is 347 g/mol. The standard InChI is InChI=1S/C21H25N5/c1-4-16-6-5-7-17(12-16)21-20-18(23-14-24-20)8-10-25(21)13-19-22-9-11-26(19)15(2)3/h4-7,9,11-12,14-15,21H,1,8,10,13H2,2-3H3,(H,23,24). The Hall–Kier alpha value is -2.66. The maximum absolute atomic E-state index is 4.66. The molecular formula is C21H25N5. The van der Waals surface area contributed by atoms with Crippen LogP contribution in [-0.2, 0) is 13.0 Å². The van der Waals surface area contributed by atoms with E-state index in [2.05, 4.69) is 75.3 Å². The first-order valence-electron chi connectivity index (χ1n) is 9.17. The van der Waals surface area contributed by atoms with Crippen molar-refractivity contribution in [2.45, 2.75) is 38.9 Å². The minimum Gasteiger partial charge on any atom is -0.348 e. The van der Waals surface area contributed by atoms with E-state index in [0.717, 1.165) is 36.6 Å².